The van der Waals surface area contributed by atoms with Gasteiger partial charge in [-0.05, 0) is 44.2 Å². The highest BCUT2D eigenvalue weighted by Crippen LogP contribution is 2.09. The Balaban J connectivity index is 2.35. The summed E-state index contributed by atoms with van der Waals surface area (Å²) >= 11 is 5.58. The van der Waals surface area contributed by atoms with Crippen LogP contribution in [0.15, 0.2) is 24.3 Å². The fourth-order valence-electron chi connectivity index (χ4n) is 1.95. The smallest absolute Gasteiger partial charge is 0.220 e. The average Bonchev–Trinajstić information content (AvgIpc) is 2.32. The predicted molar refractivity (Wildman–Crippen MR) is 77.1 cm³/mol. The number of amides is 1. The van der Waals surface area contributed by atoms with E-state index in [-0.39, 0.29) is 11.9 Å². The number of hydrogen-bond acceptors (Lipinski definition) is 1. The second kappa shape index (κ2) is 8.15. The summed E-state index contributed by atoms with van der Waals surface area (Å²) in [6.45, 7) is 4.15. The number of unbranched alkanes of at least 4 members (excludes halogenated alkanes) is 1. The van der Waals surface area contributed by atoms with E-state index < -0.39 is 0 Å². The highest BCUT2D eigenvalue weighted by atomic mass is 35.5. The number of carbonyl (C=O) groups is 1. The van der Waals surface area contributed by atoms with Gasteiger partial charge < -0.3 is 5.32 Å². The number of rotatable bonds is 7. The molecule has 0 bridgehead atoms. The zero-order valence-electron chi connectivity index (χ0n) is 11.2. The second-order valence-electron chi connectivity index (χ2n) is 4.75. The monoisotopic (exact) mass is 267 g/mol. The lowest BCUT2D eigenvalue weighted by molar-refractivity contribution is -0.121. The highest BCUT2D eigenvalue weighted by molar-refractivity contribution is 6.17. The van der Waals surface area contributed by atoms with Crippen LogP contribution < -0.4 is 5.32 Å². The summed E-state index contributed by atoms with van der Waals surface area (Å²) in [5.41, 5.74) is 2.58. The largest absolute Gasteiger partial charge is 0.353 e. The lowest BCUT2D eigenvalue weighted by Crippen LogP contribution is -2.34. The van der Waals surface area contributed by atoms with Gasteiger partial charge in [0.25, 0.3) is 0 Å². The third-order valence-electron chi connectivity index (χ3n) is 2.98. The van der Waals surface area contributed by atoms with Gasteiger partial charge in [0.2, 0.25) is 5.91 Å². The van der Waals surface area contributed by atoms with Crippen LogP contribution in [0.4, 0.5) is 0 Å². The number of alkyl halides is 1. The number of halogens is 1. The third-order valence-corrected chi connectivity index (χ3v) is 3.25. The van der Waals surface area contributed by atoms with Gasteiger partial charge in [0.05, 0.1) is 0 Å². The topological polar surface area (TPSA) is 29.1 Å². The van der Waals surface area contributed by atoms with Crippen LogP contribution in [0.25, 0.3) is 0 Å². The molecule has 0 aromatic heterocycles. The van der Waals surface area contributed by atoms with Crippen molar-refractivity contribution in [1.82, 2.24) is 5.32 Å². The Hall–Kier alpha value is -1.02. The molecule has 1 atom stereocenters. The predicted octanol–water partition coefficient (Wildman–Crippen LogP) is 3.45. The maximum atomic E-state index is 11.6. The van der Waals surface area contributed by atoms with E-state index in [1.54, 1.807) is 0 Å². The SMILES string of the molecule is Cc1ccccc1CC(C)NC(=O)CCCCCl. The van der Waals surface area contributed by atoms with Gasteiger partial charge in [-0.1, -0.05) is 24.3 Å². The van der Waals surface area contributed by atoms with Crippen LogP contribution >= 0.6 is 11.6 Å². The zero-order valence-corrected chi connectivity index (χ0v) is 12.0. The molecule has 0 radical (unpaired) electrons. The number of aryl methyl sites for hydroxylation is 1. The molecule has 0 fully saturated rings. The van der Waals surface area contributed by atoms with Crippen LogP contribution in [-0.4, -0.2) is 17.8 Å². The van der Waals surface area contributed by atoms with Crippen molar-refractivity contribution in [3.8, 4) is 0 Å². The summed E-state index contributed by atoms with van der Waals surface area (Å²) in [7, 11) is 0. The number of nitrogens with one attached hydrogen (secondary N) is 1. The Morgan fingerprint density at radius 1 is 1.33 bits per heavy atom. The van der Waals surface area contributed by atoms with Gasteiger partial charge in [-0.2, -0.15) is 0 Å². The maximum Gasteiger partial charge on any atom is 0.220 e. The Morgan fingerprint density at radius 3 is 2.72 bits per heavy atom. The molecule has 100 valence electrons. The molecule has 2 nitrogen and oxygen atoms in total. The molecule has 0 saturated heterocycles. The van der Waals surface area contributed by atoms with E-state index in [1.807, 2.05) is 19.1 Å². The Labute approximate surface area is 115 Å². The minimum atomic E-state index is 0.126. The summed E-state index contributed by atoms with van der Waals surface area (Å²) in [5.74, 6) is 0.757. The molecule has 0 saturated carbocycles. The second-order valence-corrected chi connectivity index (χ2v) is 5.12. The van der Waals surface area contributed by atoms with Crippen molar-refractivity contribution < 1.29 is 4.79 Å². The molecule has 0 aliphatic carbocycles. The van der Waals surface area contributed by atoms with E-state index in [1.165, 1.54) is 11.1 Å². The first-order valence-electron chi connectivity index (χ1n) is 6.53. The zero-order chi connectivity index (χ0) is 13.4. The van der Waals surface area contributed by atoms with Crippen LogP contribution in [0.1, 0.15) is 37.3 Å². The normalized spacial score (nSPS) is 12.2. The Kier molecular flexibility index (Phi) is 6.81. The number of carbonyl (C=O) groups excluding carboxylic acids is 1. The van der Waals surface area contributed by atoms with Crippen LogP contribution in [0, 0.1) is 6.92 Å². The summed E-state index contributed by atoms with van der Waals surface area (Å²) in [6, 6.07) is 8.47. The molecule has 0 spiro atoms. The summed E-state index contributed by atoms with van der Waals surface area (Å²) < 4.78 is 0. The van der Waals surface area contributed by atoms with E-state index in [0.717, 1.165) is 19.3 Å². The molecule has 1 rings (SSSR count). The average molecular weight is 268 g/mol. The van der Waals surface area contributed by atoms with Crippen LogP contribution in [0.3, 0.4) is 0 Å². The summed E-state index contributed by atoms with van der Waals surface area (Å²) in [5, 5.41) is 3.03. The van der Waals surface area contributed by atoms with E-state index in [2.05, 4.69) is 24.4 Å². The van der Waals surface area contributed by atoms with Gasteiger partial charge in [0.1, 0.15) is 0 Å². The van der Waals surface area contributed by atoms with Gasteiger partial charge >= 0.3 is 0 Å². The van der Waals surface area contributed by atoms with Crippen molar-refractivity contribution in [2.45, 2.75) is 45.6 Å². The van der Waals surface area contributed by atoms with Crippen molar-refractivity contribution in [1.29, 1.82) is 0 Å². The fraction of sp³-hybridized carbons (Fsp3) is 0.533. The van der Waals surface area contributed by atoms with Crippen molar-refractivity contribution in [3.63, 3.8) is 0 Å². The van der Waals surface area contributed by atoms with E-state index in [0.29, 0.717) is 12.3 Å². The molecule has 1 unspecified atom stereocenters. The fourth-order valence-corrected chi connectivity index (χ4v) is 2.14. The third kappa shape index (κ3) is 5.54. The lowest BCUT2D eigenvalue weighted by Gasteiger charge is -2.15. The van der Waals surface area contributed by atoms with E-state index in [4.69, 9.17) is 11.6 Å². The number of benzene rings is 1. The van der Waals surface area contributed by atoms with Gasteiger partial charge in [0.15, 0.2) is 0 Å². The standard InChI is InChI=1S/C15H22ClNO/c1-12-7-3-4-8-14(12)11-13(2)17-15(18)9-5-6-10-16/h3-4,7-8,13H,5-6,9-11H2,1-2H3,(H,17,18). The minimum absolute atomic E-state index is 0.126. The first-order valence-corrected chi connectivity index (χ1v) is 7.06. The molecule has 0 aliphatic rings. The van der Waals surface area contributed by atoms with Gasteiger partial charge in [-0.3, -0.25) is 4.79 Å². The highest BCUT2D eigenvalue weighted by Gasteiger charge is 2.08. The van der Waals surface area contributed by atoms with Crippen molar-refractivity contribution in [2.75, 3.05) is 5.88 Å². The lowest BCUT2D eigenvalue weighted by atomic mass is 10.0. The minimum Gasteiger partial charge on any atom is -0.353 e. The Bertz CT molecular complexity index is 379. The molecule has 1 aromatic carbocycles. The molecule has 1 N–H and O–H groups in total. The van der Waals surface area contributed by atoms with E-state index in [9.17, 15) is 4.79 Å². The molecule has 0 heterocycles. The summed E-state index contributed by atoms with van der Waals surface area (Å²) in [4.78, 5) is 11.6. The molecule has 3 heteroatoms. The first-order chi connectivity index (χ1) is 8.63. The van der Waals surface area contributed by atoms with Gasteiger partial charge in [-0.15, -0.1) is 11.6 Å². The van der Waals surface area contributed by atoms with Crippen LogP contribution in [-0.2, 0) is 11.2 Å². The van der Waals surface area contributed by atoms with Gasteiger partial charge in [-0.25, -0.2) is 0 Å². The molecule has 1 aromatic rings. The maximum absolute atomic E-state index is 11.6. The number of hydrogen-bond donors (Lipinski definition) is 1. The van der Waals surface area contributed by atoms with Crippen molar-refractivity contribution in [3.05, 3.63) is 35.4 Å². The van der Waals surface area contributed by atoms with Gasteiger partial charge in [0, 0.05) is 18.3 Å². The molecule has 1 amide bonds. The van der Waals surface area contributed by atoms with Crippen molar-refractivity contribution in [2.24, 2.45) is 0 Å². The molecular formula is C15H22ClNO. The first kappa shape index (κ1) is 15.0. The molecule has 0 aliphatic heterocycles. The van der Waals surface area contributed by atoms with Crippen molar-refractivity contribution >= 4 is 17.5 Å². The quantitative estimate of drug-likeness (QED) is 0.595. The molecule has 18 heavy (non-hydrogen) atoms. The molecular weight excluding hydrogens is 246 g/mol. The van der Waals surface area contributed by atoms with Crippen LogP contribution in [0.5, 0.6) is 0 Å². The Morgan fingerprint density at radius 2 is 2.06 bits per heavy atom. The summed E-state index contributed by atoms with van der Waals surface area (Å²) in [6.07, 6.45) is 3.23. The van der Waals surface area contributed by atoms with E-state index >= 15 is 0 Å². The van der Waals surface area contributed by atoms with Crippen LogP contribution in [0.2, 0.25) is 0 Å².